The third-order valence-corrected chi connectivity index (χ3v) is 5.77. The molecule has 1 amide bonds. The fourth-order valence-corrected chi connectivity index (χ4v) is 4.25. The van der Waals surface area contributed by atoms with E-state index in [-0.39, 0.29) is 5.91 Å². The fourth-order valence-electron chi connectivity index (χ4n) is 3.55. The molecule has 0 atom stereocenters. The topological polar surface area (TPSA) is 32.8 Å². The van der Waals surface area contributed by atoms with Crippen molar-refractivity contribution in [2.24, 2.45) is 0 Å². The van der Waals surface area contributed by atoms with E-state index in [0.717, 1.165) is 57.2 Å². The number of ether oxygens (including phenoxy) is 1. The van der Waals surface area contributed by atoms with Gasteiger partial charge < -0.3 is 9.64 Å². The number of benzene rings is 1. The second-order valence-corrected chi connectivity index (χ2v) is 7.35. The van der Waals surface area contributed by atoms with Crippen molar-refractivity contribution in [3.05, 3.63) is 57.3 Å². The predicted octanol–water partition coefficient (Wildman–Crippen LogP) is 2.78. The molecule has 0 saturated carbocycles. The highest BCUT2D eigenvalue weighted by Gasteiger charge is 2.23. The molecule has 5 heteroatoms. The second-order valence-electron chi connectivity index (χ2n) is 6.40. The van der Waals surface area contributed by atoms with Gasteiger partial charge in [-0.25, -0.2) is 0 Å². The summed E-state index contributed by atoms with van der Waals surface area (Å²) in [5, 5.41) is 1.96. The van der Waals surface area contributed by atoms with Crippen LogP contribution in [-0.4, -0.2) is 48.5 Å². The Morgan fingerprint density at radius 2 is 2.00 bits per heavy atom. The molecule has 1 aromatic heterocycles. The highest BCUT2D eigenvalue weighted by Crippen LogP contribution is 2.23. The number of rotatable bonds is 3. The van der Waals surface area contributed by atoms with Crippen molar-refractivity contribution in [2.45, 2.75) is 19.6 Å². The Morgan fingerprint density at radius 3 is 2.79 bits per heavy atom. The van der Waals surface area contributed by atoms with Gasteiger partial charge in [-0.1, -0.05) is 24.3 Å². The van der Waals surface area contributed by atoms with E-state index in [0.29, 0.717) is 0 Å². The average molecular weight is 342 g/mol. The molecule has 0 spiro atoms. The van der Waals surface area contributed by atoms with Gasteiger partial charge in [-0.3, -0.25) is 9.69 Å². The molecule has 2 aliphatic rings. The first-order valence-electron chi connectivity index (χ1n) is 8.54. The number of amides is 1. The monoisotopic (exact) mass is 342 g/mol. The van der Waals surface area contributed by atoms with Gasteiger partial charge in [0.2, 0.25) is 0 Å². The summed E-state index contributed by atoms with van der Waals surface area (Å²) in [4.78, 5) is 17.7. The van der Waals surface area contributed by atoms with E-state index >= 15 is 0 Å². The lowest BCUT2D eigenvalue weighted by Gasteiger charge is -2.35. The molecule has 24 heavy (non-hydrogen) atoms. The Bertz CT molecular complexity index is 706. The van der Waals surface area contributed by atoms with Gasteiger partial charge in [0.25, 0.3) is 5.91 Å². The van der Waals surface area contributed by atoms with E-state index < -0.39 is 0 Å². The zero-order valence-electron chi connectivity index (χ0n) is 13.7. The van der Waals surface area contributed by atoms with Crippen LogP contribution >= 0.6 is 11.3 Å². The van der Waals surface area contributed by atoms with Gasteiger partial charge in [0.1, 0.15) is 0 Å². The minimum absolute atomic E-state index is 0.180. The van der Waals surface area contributed by atoms with Crippen LogP contribution in [0.3, 0.4) is 0 Å². The number of carbonyl (C=O) groups excluding carboxylic acids is 1. The van der Waals surface area contributed by atoms with Gasteiger partial charge in [-0.2, -0.15) is 0 Å². The van der Waals surface area contributed by atoms with Crippen molar-refractivity contribution < 1.29 is 9.53 Å². The van der Waals surface area contributed by atoms with Crippen LogP contribution in [-0.2, 0) is 24.3 Å². The number of thiophene rings is 1. The average Bonchev–Trinajstić information content (AvgIpc) is 3.17. The summed E-state index contributed by atoms with van der Waals surface area (Å²) in [7, 11) is 0. The van der Waals surface area contributed by atoms with Crippen molar-refractivity contribution >= 4 is 17.2 Å². The second kappa shape index (κ2) is 7.05. The van der Waals surface area contributed by atoms with Crippen LogP contribution in [0.4, 0.5) is 0 Å². The van der Waals surface area contributed by atoms with E-state index in [1.165, 1.54) is 28.0 Å². The molecule has 0 aliphatic carbocycles. The summed E-state index contributed by atoms with van der Waals surface area (Å²) in [6, 6.07) is 10.4. The molecule has 1 fully saturated rings. The van der Waals surface area contributed by atoms with Crippen LogP contribution in [0.15, 0.2) is 35.7 Å². The van der Waals surface area contributed by atoms with Gasteiger partial charge in [0.05, 0.1) is 18.1 Å². The molecule has 1 saturated heterocycles. The minimum Gasteiger partial charge on any atom is -0.376 e. The molecule has 4 rings (SSSR count). The minimum atomic E-state index is 0.180. The molecule has 2 aliphatic heterocycles. The zero-order valence-corrected chi connectivity index (χ0v) is 14.6. The number of piperazine rings is 1. The van der Waals surface area contributed by atoms with Crippen LogP contribution in [0.25, 0.3) is 0 Å². The molecule has 0 unspecified atom stereocenters. The summed E-state index contributed by atoms with van der Waals surface area (Å²) < 4.78 is 5.56. The predicted molar refractivity (Wildman–Crippen MR) is 95.3 cm³/mol. The third kappa shape index (κ3) is 3.24. The van der Waals surface area contributed by atoms with E-state index in [4.69, 9.17) is 4.74 Å². The maximum absolute atomic E-state index is 12.4. The van der Waals surface area contributed by atoms with E-state index in [2.05, 4.69) is 23.1 Å². The van der Waals surface area contributed by atoms with Gasteiger partial charge in [0, 0.05) is 32.7 Å². The zero-order chi connectivity index (χ0) is 16.4. The summed E-state index contributed by atoms with van der Waals surface area (Å²) in [6.07, 6.45) is 1.02. The number of hydrogen-bond donors (Lipinski definition) is 0. The van der Waals surface area contributed by atoms with E-state index in [1.807, 2.05) is 22.4 Å². The molecule has 0 N–H and O–H groups in total. The van der Waals surface area contributed by atoms with E-state index in [9.17, 15) is 4.79 Å². The van der Waals surface area contributed by atoms with Crippen molar-refractivity contribution in [2.75, 3.05) is 32.8 Å². The Morgan fingerprint density at radius 1 is 1.12 bits per heavy atom. The maximum Gasteiger partial charge on any atom is 0.264 e. The van der Waals surface area contributed by atoms with Crippen LogP contribution in [0.5, 0.6) is 0 Å². The van der Waals surface area contributed by atoms with Gasteiger partial charge in [-0.05, 0) is 34.6 Å². The lowest BCUT2D eigenvalue weighted by atomic mass is 9.97. The Kier molecular flexibility index (Phi) is 4.65. The van der Waals surface area contributed by atoms with E-state index in [1.54, 1.807) is 0 Å². The largest absolute Gasteiger partial charge is 0.376 e. The van der Waals surface area contributed by atoms with Gasteiger partial charge >= 0.3 is 0 Å². The quantitative estimate of drug-likeness (QED) is 0.860. The van der Waals surface area contributed by atoms with Crippen molar-refractivity contribution in [1.82, 2.24) is 9.80 Å². The lowest BCUT2D eigenvalue weighted by molar-refractivity contribution is 0.0631. The summed E-state index contributed by atoms with van der Waals surface area (Å²) in [5.74, 6) is 0.180. The summed E-state index contributed by atoms with van der Waals surface area (Å²) >= 11 is 1.53. The first kappa shape index (κ1) is 15.8. The van der Waals surface area contributed by atoms with Crippen molar-refractivity contribution in [1.29, 1.82) is 0 Å². The SMILES string of the molecule is O=C(c1cccs1)N1CCN(Cc2cccc3c2CCOC3)CC1. The number of nitrogens with zero attached hydrogens (tertiary/aromatic N) is 2. The molecule has 4 nitrogen and oxygen atoms in total. The first-order chi connectivity index (χ1) is 11.8. The van der Waals surface area contributed by atoms with Crippen molar-refractivity contribution in [3.63, 3.8) is 0 Å². The molecule has 1 aromatic carbocycles. The third-order valence-electron chi connectivity index (χ3n) is 4.91. The number of hydrogen-bond acceptors (Lipinski definition) is 4. The molecule has 0 radical (unpaired) electrons. The Hall–Kier alpha value is -1.69. The maximum atomic E-state index is 12.4. The van der Waals surface area contributed by atoms with Crippen molar-refractivity contribution in [3.8, 4) is 0 Å². The Balaban J connectivity index is 1.38. The standard InChI is InChI=1S/C19H22N2O2S/c22-19(18-5-2-12-24-18)21-9-7-20(8-10-21)13-15-3-1-4-16-14-23-11-6-17(15)16/h1-5,12H,6-11,13-14H2. The number of carbonyl (C=O) groups is 1. The molecule has 126 valence electrons. The summed E-state index contributed by atoms with van der Waals surface area (Å²) in [5.41, 5.74) is 4.24. The first-order valence-corrected chi connectivity index (χ1v) is 9.42. The van der Waals surface area contributed by atoms with Crippen LogP contribution in [0.1, 0.15) is 26.4 Å². The van der Waals surface area contributed by atoms with Gasteiger partial charge in [-0.15, -0.1) is 11.3 Å². The van der Waals surface area contributed by atoms with Crippen LogP contribution in [0.2, 0.25) is 0 Å². The molecule has 2 aromatic rings. The smallest absolute Gasteiger partial charge is 0.264 e. The summed E-state index contributed by atoms with van der Waals surface area (Å²) in [6.45, 7) is 6.06. The Labute approximate surface area is 146 Å². The molecule has 3 heterocycles. The molecular formula is C19H22N2O2S. The normalized spacial score (nSPS) is 18.4. The molecular weight excluding hydrogens is 320 g/mol. The van der Waals surface area contributed by atoms with Gasteiger partial charge in [0.15, 0.2) is 0 Å². The fraction of sp³-hybridized carbons (Fsp3) is 0.421. The highest BCUT2D eigenvalue weighted by molar-refractivity contribution is 7.12. The van der Waals surface area contributed by atoms with Crippen LogP contribution < -0.4 is 0 Å². The number of fused-ring (bicyclic) bond motifs is 1. The lowest BCUT2D eigenvalue weighted by Crippen LogP contribution is -2.48. The molecule has 0 bridgehead atoms. The highest BCUT2D eigenvalue weighted by atomic mass is 32.1. The van der Waals surface area contributed by atoms with Crippen LogP contribution in [0, 0.1) is 0 Å².